The van der Waals surface area contributed by atoms with E-state index in [9.17, 15) is 4.79 Å². The van der Waals surface area contributed by atoms with Gasteiger partial charge in [0.2, 0.25) is 0 Å². The zero-order valence-electron chi connectivity index (χ0n) is 14.2. The zero-order valence-corrected chi connectivity index (χ0v) is 15.0. The second kappa shape index (κ2) is 5.74. The SMILES string of the molecule is Cc1sc2nc(C(C)N3CCCc4ccccc43)[nH]c(=O)c2c1C. The summed E-state index contributed by atoms with van der Waals surface area (Å²) in [7, 11) is 0. The monoisotopic (exact) mass is 339 g/mol. The highest BCUT2D eigenvalue weighted by atomic mass is 32.1. The van der Waals surface area contributed by atoms with Crippen LogP contribution in [0.5, 0.6) is 0 Å². The molecule has 0 bridgehead atoms. The number of anilines is 1. The van der Waals surface area contributed by atoms with E-state index < -0.39 is 0 Å². The molecule has 0 spiro atoms. The van der Waals surface area contributed by atoms with Crippen molar-refractivity contribution in [2.24, 2.45) is 0 Å². The molecule has 1 unspecified atom stereocenters. The number of nitrogens with zero attached hydrogens (tertiary/aromatic N) is 2. The molecule has 3 aromatic rings. The van der Waals surface area contributed by atoms with E-state index in [1.165, 1.54) is 11.3 Å². The first-order chi connectivity index (χ1) is 11.6. The molecule has 24 heavy (non-hydrogen) atoms. The Kier molecular flexibility index (Phi) is 3.68. The summed E-state index contributed by atoms with van der Waals surface area (Å²) in [5.74, 6) is 0.755. The predicted octanol–water partition coefficient (Wildman–Crippen LogP) is 4.12. The average Bonchev–Trinajstić information content (AvgIpc) is 2.88. The van der Waals surface area contributed by atoms with Crippen molar-refractivity contribution in [2.75, 3.05) is 11.4 Å². The highest BCUT2D eigenvalue weighted by Crippen LogP contribution is 2.33. The van der Waals surface area contributed by atoms with Gasteiger partial charge in [0.15, 0.2) is 0 Å². The topological polar surface area (TPSA) is 49.0 Å². The van der Waals surface area contributed by atoms with Gasteiger partial charge in [-0.3, -0.25) is 4.79 Å². The van der Waals surface area contributed by atoms with Crippen LogP contribution in [-0.2, 0) is 6.42 Å². The standard InChI is InChI=1S/C19H21N3OS/c1-11-13(3)24-19-16(11)18(23)20-17(21-19)12(2)22-10-6-8-14-7-4-5-9-15(14)22/h4-5,7,9,12H,6,8,10H2,1-3H3,(H,20,21,23). The molecule has 0 saturated heterocycles. The molecule has 0 fully saturated rings. The van der Waals surface area contributed by atoms with Crippen molar-refractivity contribution in [2.45, 2.75) is 39.7 Å². The third kappa shape index (κ3) is 2.35. The quantitative estimate of drug-likeness (QED) is 0.764. The summed E-state index contributed by atoms with van der Waals surface area (Å²) < 4.78 is 0. The molecule has 4 rings (SSSR count). The van der Waals surface area contributed by atoms with E-state index in [0.717, 1.165) is 45.9 Å². The normalized spacial score (nSPS) is 15.5. The Bertz CT molecular complexity index is 972. The fraction of sp³-hybridized carbons (Fsp3) is 0.368. The number of aryl methyl sites for hydroxylation is 3. The number of nitrogens with one attached hydrogen (secondary N) is 1. The van der Waals surface area contributed by atoms with Crippen LogP contribution in [0.15, 0.2) is 29.1 Å². The first-order valence-corrected chi connectivity index (χ1v) is 9.22. The highest BCUT2D eigenvalue weighted by molar-refractivity contribution is 7.18. The van der Waals surface area contributed by atoms with Gasteiger partial charge in [0.05, 0.1) is 11.4 Å². The Morgan fingerprint density at radius 3 is 2.92 bits per heavy atom. The Hall–Kier alpha value is -2.14. The Morgan fingerprint density at radius 2 is 2.08 bits per heavy atom. The predicted molar refractivity (Wildman–Crippen MR) is 100 cm³/mol. The van der Waals surface area contributed by atoms with E-state index >= 15 is 0 Å². The third-order valence-electron chi connectivity index (χ3n) is 5.07. The maximum atomic E-state index is 12.6. The van der Waals surface area contributed by atoms with Gasteiger partial charge in [0.1, 0.15) is 10.7 Å². The summed E-state index contributed by atoms with van der Waals surface area (Å²) in [6, 6.07) is 8.58. The van der Waals surface area contributed by atoms with Gasteiger partial charge < -0.3 is 9.88 Å². The molecule has 3 heterocycles. The number of rotatable bonds is 2. The lowest BCUT2D eigenvalue weighted by molar-refractivity contribution is 0.592. The molecule has 1 atom stereocenters. The lowest BCUT2D eigenvalue weighted by atomic mass is 10.00. The molecule has 1 N–H and O–H groups in total. The molecule has 1 aromatic carbocycles. The van der Waals surface area contributed by atoms with Gasteiger partial charge in [-0.15, -0.1) is 11.3 Å². The molecule has 0 radical (unpaired) electrons. The van der Waals surface area contributed by atoms with E-state index in [1.54, 1.807) is 11.3 Å². The minimum Gasteiger partial charge on any atom is -0.361 e. The van der Waals surface area contributed by atoms with Crippen molar-refractivity contribution in [1.82, 2.24) is 9.97 Å². The minimum atomic E-state index is -0.0194. The Morgan fingerprint density at radius 1 is 1.29 bits per heavy atom. The zero-order chi connectivity index (χ0) is 16.8. The molecule has 0 aliphatic carbocycles. The van der Waals surface area contributed by atoms with Crippen LogP contribution in [0.1, 0.15) is 41.2 Å². The van der Waals surface area contributed by atoms with E-state index in [0.29, 0.717) is 0 Å². The van der Waals surface area contributed by atoms with Crippen molar-refractivity contribution in [3.05, 3.63) is 56.4 Å². The first kappa shape index (κ1) is 15.4. The molecule has 124 valence electrons. The average molecular weight is 339 g/mol. The van der Waals surface area contributed by atoms with Gasteiger partial charge in [-0.05, 0) is 50.8 Å². The van der Waals surface area contributed by atoms with Crippen LogP contribution in [0.4, 0.5) is 5.69 Å². The number of aromatic nitrogens is 2. The molecule has 5 heteroatoms. The van der Waals surface area contributed by atoms with Crippen LogP contribution < -0.4 is 10.5 Å². The van der Waals surface area contributed by atoms with Crippen LogP contribution in [0.2, 0.25) is 0 Å². The van der Waals surface area contributed by atoms with Crippen molar-refractivity contribution in [1.29, 1.82) is 0 Å². The summed E-state index contributed by atoms with van der Waals surface area (Å²) in [5, 5.41) is 0.743. The maximum absolute atomic E-state index is 12.6. The molecular formula is C19H21N3OS. The number of para-hydroxylation sites is 1. The van der Waals surface area contributed by atoms with Gasteiger partial charge >= 0.3 is 0 Å². The summed E-state index contributed by atoms with van der Waals surface area (Å²) in [6.07, 6.45) is 2.25. The molecule has 2 aromatic heterocycles. The fourth-order valence-electron chi connectivity index (χ4n) is 3.58. The number of aromatic amines is 1. The van der Waals surface area contributed by atoms with Gasteiger partial charge in [-0.2, -0.15) is 0 Å². The van der Waals surface area contributed by atoms with Gasteiger partial charge in [-0.1, -0.05) is 18.2 Å². The molecule has 4 nitrogen and oxygen atoms in total. The molecule has 0 saturated carbocycles. The maximum Gasteiger partial charge on any atom is 0.259 e. The Labute approximate surface area is 145 Å². The van der Waals surface area contributed by atoms with Gasteiger partial charge in [-0.25, -0.2) is 4.98 Å². The lowest BCUT2D eigenvalue weighted by Crippen LogP contribution is -2.33. The van der Waals surface area contributed by atoms with Crippen LogP contribution in [-0.4, -0.2) is 16.5 Å². The van der Waals surface area contributed by atoms with E-state index in [1.807, 2.05) is 13.8 Å². The molecule has 0 amide bonds. The van der Waals surface area contributed by atoms with Crippen molar-refractivity contribution in [3.8, 4) is 0 Å². The van der Waals surface area contributed by atoms with E-state index in [4.69, 9.17) is 4.98 Å². The largest absolute Gasteiger partial charge is 0.361 e. The highest BCUT2D eigenvalue weighted by Gasteiger charge is 2.24. The van der Waals surface area contributed by atoms with E-state index in [-0.39, 0.29) is 11.6 Å². The first-order valence-electron chi connectivity index (χ1n) is 8.40. The van der Waals surface area contributed by atoms with Crippen molar-refractivity contribution in [3.63, 3.8) is 0 Å². The van der Waals surface area contributed by atoms with Crippen molar-refractivity contribution < 1.29 is 0 Å². The third-order valence-corrected chi connectivity index (χ3v) is 6.17. The smallest absolute Gasteiger partial charge is 0.259 e. The summed E-state index contributed by atoms with van der Waals surface area (Å²) in [5.41, 5.74) is 3.67. The summed E-state index contributed by atoms with van der Waals surface area (Å²) >= 11 is 1.61. The van der Waals surface area contributed by atoms with Crippen LogP contribution in [0, 0.1) is 13.8 Å². The van der Waals surface area contributed by atoms with Gasteiger partial charge in [0, 0.05) is 17.1 Å². The number of hydrogen-bond donors (Lipinski definition) is 1. The summed E-state index contributed by atoms with van der Waals surface area (Å²) in [6.45, 7) is 7.15. The van der Waals surface area contributed by atoms with Gasteiger partial charge in [0.25, 0.3) is 5.56 Å². The Balaban J connectivity index is 1.80. The van der Waals surface area contributed by atoms with Crippen LogP contribution in [0.3, 0.4) is 0 Å². The second-order valence-corrected chi connectivity index (χ2v) is 7.72. The molecule has 1 aliphatic heterocycles. The van der Waals surface area contributed by atoms with Crippen LogP contribution in [0.25, 0.3) is 10.2 Å². The van der Waals surface area contributed by atoms with E-state index in [2.05, 4.69) is 41.1 Å². The molecule has 1 aliphatic rings. The number of H-pyrrole nitrogens is 1. The number of fused-ring (bicyclic) bond motifs is 2. The fourth-order valence-corrected chi connectivity index (χ4v) is 4.62. The van der Waals surface area contributed by atoms with Crippen LogP contribution >= 0.6 is 11.3 Å². The summed E-state index contributed by atoms with van der Waals surface area (Å²) in [4.78, 5) is 24.7. The lowest BCUT2D eigenvalue weighted by Gasteiger charge is -2.35. The second-order valence-electron chi connectivity index (χ2n) is 6.52. The van der Waals surface area contributed by atoms with Crippen molar-refractivity contribution >= 4 is 27.2 Å². The number of thiophene rings is 1. The number of hydrogen-bond acceptors (Lipinski definition) is 4. The number of benzene rings is 1. The molecular weight excluding hydrogens is 318 g/mol. The minimum absolute atomic E-state index is 0.0194.